The smallest absolute Gasteiger partial charge is 0.209 e. The van der Waals surface area contributed by atoms with Crippen molar-refractivity contribution in [1.82, 2.24) is 9.80 Å². The summed E-state index contributed by atoms with van der Waals surface area (Å²) in [6.45, 7) is 7.80. The second-order valence-corrected chi connectivity index (χ2v) is 2.44. The van der Waals surface area contributed by atoms with Crippen LogP contribution in [0.1, 0.15) is 6.92 Å². The Labute approximate surface area is 61.6 Å². The molecule has 1 radical (unpaired) electrons. The number of hydrogen-bond donors (Lipinski definition) is 0. The lowest BCUT2D eigenvalue weighted by molar-refractivity contribution is -0.119. The molecule has 0 bridgehead atoms. The van der Waals surface area contributed by atoms with Gasteiger partial charge in [-0.25, -0.2) is 0 Å². The average Bonchev–Trinajstić information content (AvgIpc) is 2.05. The van der Waals surface area contributed by atoms with Crippen LogP contribution in [-0.4, -0.2) is 42.4 Å². The molecule has 1 rings (SSSR count). The van der Waals surface area contributed by atoms with E-state index in [9.17, 15) is 4.79 Å². The van der Waals surface area contributed by atoms with Gasteiger partial charge in [-0.1, -0.05) is 0 Å². The Morgan fingerprint density at radius 3 is 2.00 bits per heavy atom. The van der Waals surface area contributed by atoms with Gasteiger partial charge in [0, 0.05) is 32.7 Å². The van der Waals surface area contributed by atoms with Gasteiger partial charge in [-0.05, 0) is 6.92 Å². The summed E-state index contributed by atoms with van der Waals surface area (Å²) in [6.07, 6.45) is 0.924. The van der Waals surface area contributed by atoms with Crippen LogP contribution in [0.2, 0.25) is 0 Å². The highest BCUT2D eigenvalue weighted by molar-refractivity contribution is 5.47. The number of piperazine rings is 1. The number of hydrogen-bond acceptors (Lipinski definition) is 2. The van der Waals surface area contributed by atoms with E-state index in [0.717, 1.165) is 32.6 Å². The standard InChI is InChI=1S/C7H13N2O/c1-2-8-3-5-9(7-10)6-4-8/h2,7H,3-6H2,1H3. The van der Waals surface area contributed by atoms with E-state index in [0.29, 0.717) is 0 Å². The van der Waals surface area contributed by atoms with Crippen molar-refractivity contribution < 1.29 is 4.79 Å². The summed E-state index contributed by atoms with van der Waals surface area (Å²) in [7, 11) is 0. The maximum Gasteiger partial charge on any atom is 0.209 e. The van der Waals surface area contributed by atoms with E-state index < -0.39 is 0 Å². The Bertz CT molecular complexity index is 108. The molecule has 1 fully saturated rings. The molecule has 1 saturated heterocycles. The lowest BCUT2D eigenvalue weighted by atomic mass is 10.3. The van der Waals surface area contributed by atoms with Crippen molar-refractivity contribution in [2.75, 3.05) is 26.2 Å². The largest absolute Gasteiger partial charge is 0.343 e. The second kappa shape index (κ2) is 3.56. The van der Waals surface area contributed by atoms with E-state index in [-0.39, 0.29) is 0 Å². The SMILES string of the molecule is C[CH]N1CCN(C=O)CC1. The van der Waals surface area contributed by atoms with E-state index >= 15 is 0 Å². The van der Waals surface area contributed by atoms with Crippen molar-refractivity contribution in [3.63, 3.8) is 0 Å². The topological polar surface area (TPSA) is 23.6 Å². The predicted molar refractivity (Wildman–Crippen MR) is 39.2 cm³/mol. The first-order valence-corrected chi connectivity index (χ1v) is 3.59. The zero-order valence-electron chi connectivity index (χ0n) is 6.29. The number of amides is 1. The third-order valence-electron chi connectivity index (χ3n) is 1.86. The van der Waals surface area contributed by atoms with Crippen molar-refractivity contribution >= 4 is 6.41 Å². The van der Waals surface area contributed by atoms with E-state index in [1.807, 2.05) is 6.92 Å². The zero-order chi connectivity index (χ0) is 7.40. The monoisotopic (exact) mass is 141 g/mol. The summed E-state index contributed by atoms with van der Waals surface area (Å²) < 4.78 is 0. The van der Waals surface area contributed by atoms with Gasteiger partial charge >= 0.3 is 0 Å². The van der Waals surface area contributed by atoms with Crippen LogP contribution in [0.15, 0.2) is 0 Å². The summed E-state index contributed by atoms with van der Waals surface area (Å²) >= 11 is 0. The van der Waals surface area contributed by atoms with Gasteiger partial charge < -0.3 is 4.90 Å². The predicted octanol–water partition coefficient (Wildman–Crippen LogP) is -0.0579. The maximum absolute atomic E-state index is 10.3. The van der Waals surface area contributed by atoms with Gasteiger partial charge in [0.2, 0.25) is 6.41 Å². The number of nitrogens with zero attached hydrogens (tertiary/aromatic N) is 2. The Morgan fingerprint density at radius 1 is 1.10 bits per heavy atom. The van der Waals surface area contributed by atoms with Gasteiger partial charge in [0.15, 0.2) is 0 Å². The van der Waals surface area contributed by atoms with Gasteiger partial charge in [0.1, 0.15) is 0 Å². The molecule has 57 valence electrons. The molecule has 10 heavy (non-hydrogen) atoms. The van der Waals surface area contributed by atoms with Crippen LogP contribution >= 0.6 is 0 Å². The summed E-state index contributed by atoms with van der Waals surface area (Å²) in [5.41, 5.74) is 0. The van der Waals surface area contributed by atoms with Crippen LogP contribution in [0.5, 0.6) is 0 Å². The molecule has 0 spiro atoms. The summed E-state index contributed by atoms with van der Waals surface area (Å²) in [4.78, 5) is 14.3. The summed E-state index contributed by atoms with van der Waals surface area (Å²) in [5.74, 6) is 0. The number of carbonyl (C=O) groups is 1. The molecule has 0 aromatic carbocycles. The first-order chi connectivity index (χ1) is 4.86. The van der Waals surface area contributed by atoms with Crippen LogP contribution in [0.25, 0.3) is 0 Å². The first kappa shape index (κ1) is 7.54. The minimum Gasteiger partial charge on any atom is -0.343 e. The lowest BCUT2D eigenvalue weighted by Gasteiger charge is -2.31. The second-order valence-electron chi connectivity index (χ2n) is 2.44. The molecule has 3 heteroatoms. The molecular weight excluding hydrogens is 128 g/mol. The maximum atomic E-state index is 10.3. The minimum absolute atomic E-state index is 0.869. The Morgan fingerprint density at radius 2 is 1.60 bits per heavy atom. The Hall–Kier alpha value is -0.570. The van der Waals surface area contributed by atoms with Gasteiger partial charge in [0.25, 0.3) is 0 Å². The third-order valence-corrected chi connectivity index (χ3v) is 1.86. The van der Waals surface area contributed by atoms with Crippen LogP contribution < -0.4 is 0 Å². The molecule has 3 nitrogen and oxygen atoms in total. The number of rotatable bonds is 2. The van der Waals surface area contributed by atoms with Crippen molar-refractivity contribution in [1.29, 1.82) is 0 Å². The summed E-state index contributed by atoms with van der Waals surface area (Å²) in [6, 6.07) is 0. The van der Waals surface area contributed by atoms with Crippen LogP contribution in [0.4, 0.5) is 0 Å². The first-order valence-electron chi connectivity index (χ1n) is 3.59. The molecule has 0 saturated carbocycles. The van der Waals surface area contributed by atoms with Crippen LogP contribution in [0, 0.1) is 6.54 Å². The molecule has 1 heterocycles. The van der Waals surface area contributed by atoms with E-state index in [1.54, 1.807) is 4.90 Å². The van der Waals surface area contributed by atoms with E-state index in [1.165, 1.54) is 0 Å². The fraction of sp³-hybridized carbons (Fsp3) is 0.714. The molecule has 0 unspecified atom stereocenters. The van der Waals surface area contributed by atoms with Crippen LogP contribution in [0.3, 0.4) is 0 Å². The quantitative estimate of drug-likeness (QED) is 0.503. The van der Waals surface area contributed by atoms with Gasteiger partial charge in [-0.3, -0.25) is 9.69 Å². The molecule has 1 aliphatic rings. The Balaban J connectivity index is 2.23. The van der Waals surface area contributed by atoms with Crippen molar-refractivity contribution in [2.45, 2.75) is 6.92 Å². The van der Waals surface area contributed by atoms with Crippen LogP contribution in [-0.2, 0) is 4.79 Å². The zero-order valence-corrected chi connectivity index (χ0v) is 6.29. The molecule has 0 atom stereocenters. The molecule has 0 N–H and O–H groups in total. The summed E-state index contributed by atoms with van der Waals surface area (Å²) in [5, 5.41) is 0. The van der Waals surface area contributed by atoms with Gasteiger partial charge in [-0.15, -0.1) is 0 Å². The molecule has 1 amide bonds. The fourth-order valence-corrected chi connectivity index (χ4v) is 1.10. The van der Waals surface area contributed by atoms with Gasteiger partial charge in [0.05, 0.1) is 0 Å². The molecule has 1 aliphatic heterocycles. The molecule has 0 aromatic heterocycles. The lowest BCUT2D eigenvalue weighted by Crippen LogP contribution is -2.43. The van der Waals surface area contributed by atoms with E-state index in [2.05, 4.69) is 11.4 Å². The Kier molecular flexibility index (Phi) is 2.68. The molecule has 0 aliphatic carbocycles. The van der Waals surface area contributed by atoms with Crippen molar-refractivity contribution in [3.05, 3.63) is 6.54 Å². The molecule has 0 aromatic rings. The van der Waals surface area contributed by atoms with E-state index in [4.69, 9.17) is 0 Å². The highest BCUT2D eigenvalue weighted by atomic mass is 16.1. The average molecular weight is 141 g/mol. The number of carbonyl (C=O) groups excluding carboxylic acids is 1. The van der Waals surface area contributed by atoms with Crippen molar-refractivity contribution in [3.8, 4) is 0 Å². The molecular formula is C7H13N2O. The highest BCUT2D eigenvalue weighted by Crippen LogP contribution is 1.99. The fourth-order valence-electron chi connectivity index (χ4n) is 1.10. The minimum atomic E-state index is 0.869. The van der Waals surface area contributed by atoms with Crippen molar-refractivity contribution in [2.24, 2.45) is 0 Å². The highest BCUT2D eigenvalue weighted by Gasteiger charge is 2.12. The normalized spacial score (nSPS) is 21.1. The third kappa shape index (κ3) is 1.70. The van der Waals surface area contributed by atoms with Gasteiger partial charge in [-0.2, -0.15) is 0 Å².